The lowest BCUT2D eigenvalue weighted by Crippen LogP contribution is -2.30. The van der Waals surface area contributed by atoms with Gasteiger partial charge in [-0.25, -0.2) is 4.79 Å². The zero-order valence-electron chi connectivity index (χ0n) is 19.6. The summed E-state index contributed by atoms with van der Waals surface area (Å²) in [5, 5.41) is 2.93. The molecule has 7 heteroatoms. The lowest BCUT2D eigenvalue weighted by atomic mass is 10.0. The summed E-state index contributed by atoms with van der Waals surface area (Å²) in [7, 11) is 0. The summed E-state index contributed by atoms with van der Waals surface area (Å²) < 4.78 is 5.10. The number of thiophene rings is 1. The maximum atomic E-state index is 12.8. The second kappa shape index (κ2) is 9.89. The number of hydrogen-bond donors (Lipinski definition) is 2. The van der Waals surface area contributed by atoms with Crippen LogP contribution in [0.4, 0.5) is 5.69 Å². The van der Waals surface area contributed by atoms with Crippen LogP contribution in [0.5, 0.6) is 0 Å². The number of anilines is 1. The van der Waals surface area contributed by atoms with Crippen LogP contribution in [0.2, 0.25) is 0 Å². The minimum atomic E-state index is -0.575. The molecule has 0 radical (unpaired) electrons. The summed E-state index contributed by atoms with van der Waals surface area (Å²) in [6.45, 7) is 1.79. The Hall–Kier alpha value is -4.07. The van der Waals surface area contributed by atoms with Gasteiger partial charge in [0.1, 0.15) is 12.4 Å². The highest BCUT2D eigenvalue weighted by molar-refractivity contribution is 7.18. The second-order valence-electron chi connectivity index (χ2n) is 8.77. The standard InChI is InChI=1S/C29H24N2O4S/c1-17(32)25(30)14-18-3-2-4-21(13-18)28(33)31-23-8-5-19(6-9-23)26-11-12-27(36-26)20-7-10-24-22(15-20)16-35-29(24)34/h2-13,15,25H,14,16,30H2,1H3,(H,31,33)/t25-/m0/s1. The number of hydrogen-bond acceptors (Lipinski definition) is 6. The Morgan fingerprint density at radius 1 is 0.972 bits per heavy atom. The number of nitrogens with two attached hydrogens (primary N) is 1. The van der Waals surface area contributed by atoms with Gasteiger partial charge in [-0.05, 0) is 78.6 Å². The zero-order valence-corrected chi connectivity index (χ0v) is 20.4. The number of fused-ring (bicyclic) bond motifs is 1. The number of rotatable bonds is 7. The molecular weight excluding hydrogens is 472 g/mol. The Bertz CT molecular complexity index is 1470. The van der Waals surface area contributed by atoms with Crippen molar-refractivity contribution >= 4 is 34.7 Å². The van der Waals surface area contributed by atoms with Crippen LogP contribution in [0.1, 0.15) is 38.8 Å². The van der Waals surface area contributed by atoms with E-state index >= 15 is 0 Å². The van der Waals surface area contributed by atoms with E-state index in [0.717, 1.165) is 32.0 Å². The normalized spacial score (nSPS) is 13.1. The Labute approximate surface area is 212 Å². The highest BCUT2D eigenvalue weighted by Crippen LogP contribution is 2.36. The third-order valence-corrected chi connectivity index (χ3v) is 7.35. The molecule has 0 fully saturated rings. The monoisotopic (exact) mass is 496 g/mol. The van der Waals surface area contributed by atoms with Crippen molar-refractivity contribution in [1.29, 1.82) is 0 Å². The van der Waals surface area contributed by atoms with Gasteiger partial charge in [0.2, 0.25) is 0 Å². The largest absolute Gasteiger partial charge is 0.457 e. The van der Waals surface area contributed by atoms with Crippen LogP contribution < -0.4 is 11.1 Å². The highest BCUT2D eigenvalue weighted by atomic mass is 32.1. The predicted octanol–water partition coefficient (Wildman–Crippen LogP) is 5.46. The third-order valence-electron chi connectivity index (χ3n) is 6.17. The first-order valence-electron chi connectivity index (χ1n) is 11.5. The van der Waals surface area contributed by atoms with Gasteiger partial charge < -0.3 is 15.8 Å². The summed E-state index contributed by atoms with van der Waals surface area (Å²) in [4.78, 5) is 38.1. The van der Waals surface area contributed by atoms with Gasteiger partial charge >= 0.3 is 5.97 Å². The van der Waals surface area contributed by atoms with Crippen LogP contribution in [0.3, 0.4) is 0 Å². The minimum absolute atomic E-state index is 0.0823. The van der Waals surface area contributed by atoms with Gasteiger partial charge in [0.05, 0.1) is 11.6 Å². The molecule has 36 heavy (non-hydrogen) atoms. The molecule has 6 nitrogen and oxygen atoms in total. The van der Waals surface area contributed by atoms with E-state index in [-0.39, 0.29) is 17.7 Å². The number of benzene rings is 3. The van der Waals surface area contributed by atoms with E-state index in [0.29, 0.717) is 29.8 Å². The molecule has 1 amide bonds. The van der Waals surface area contributed by atoms with Gasteiger partial charge in [-0.1, -0.05) is 30.3 Å². The number of ether oxygens (including phenoxy) is 1. The summed E-state index contributed by atoms with van der Waals surface area (Å²) in [5.74, 6) is -0.569. The Morgan fingerprint density at radius 2 is 1.69 bits per heavy atom. The first-order valence-corrected chi connectivity index (χ1v) is 12.4. The van der Waals surface area contributed by atoms with Gasteiger partial charge in [0.15, 0.2) is 0 Å². The Morgan fingerprint density at radius 3 is 2.44 bits per heavy atom. The van der Waals surface area contributed by atoms with Crippen molar-refractivity contribution in [3.63, 3.8) is 0 Å². The summed E-state index contributed by atoms with van der Waals surface area (Å²) in [5.41, 5.74) is 11.6. The van der Waals surface area contributed by atoms with E-state index in [1.165, 1.54) is 6.92 Å². The average Bonchev–Trinajstić information content (AvgIpc) is 3.52. The molecule has 3 N–H and O–H groups in total. The minimum Gasteiger partial charge on any atom is -0.457 e. The van der Waals surface area contributed by atoms with Crippen molar-refractivity contribution in [3.05, 3.63) is 101 Å². The van der Waals surface area contributed by atoms with E-state index in [9.17, 15) is 14.4 Å². The first-order chi connectivity index (χ1) is 17.4. The topological polar surface area (TPSA) is 98.5 Å². The van der Waals surface area contributed by atoms with Crippen LogP contribution >= 0.6 is 11.3 Å². The number of nitrogens with one attached hydrogen (secondary N) is 1. The van der Waals surface area contributed by atoms with E-state index in [2.05, 4.69) is 17.4 Å². The van der Waals surface area contributed by atoms with E-state index in [1.807, 2.05) is 48.5 Å². The van der Waals surface area contributed by atoms with Gasteiger partial charge in [0, 0.05) is 26.6 Å². The van der Waals surface area contributed by atoms with Crippen molar-refractivity contribution < 1.29 is 19.1 Å². The van der Waals surface area contributed by atoms with Crippen LogP contribution in [-0.2, 0) is 22.6 Å². The lowest BCUT2D eigenvalue weighted by Gasteiger charge is -2.10. The third kappa shape index (κ3) is 4.98. The van der Waals surface area contributed by atoms with E-state index < -0.39 is 6.04 Å². The van der Waals surface area contributed by atoms with E-state index in [4.69, 9.17) is 10.5 Å². The first kappa shape index (κ1) is 23.7. The summed E-state index contributed by atoms with van der Waals surface area (Å²) in [6.07, 6.45) is 0.394. The van der Waals surface area contributed by atoms with Crippen LogP contribution in [-0.4, -0.2) is 23.7 Å². The fourth-order valence-electron chi connectivity index (χ4n) is 4.09. The Balaban J connectivity index is 1.26. The molecule has 180 valence electrons. The number of cyclic esters (lactones) is 1. The smallest absolute Gasteiger partial charge is 0.338 e. The molecule has 1 aliphatic rings. The maximum Gasteiger partial charge on any atom is 0.338 e. The molecule has 0 spiro atoms. The number of ketones is 1. The van der Waals surface area contributed by atoms with Crippen molar-refractivity contribution in [2.75, 3.05) is 5.32 Å². The quantitative estimate of drug-likeness (QED) is 0.331. The molecule has 0 bridgehead atoms. The van der Waals surface area contributed by atoms with Crippen LogP contribution in [0.15, 0.2) is 78.9 Å². The predicted molar refractivity (Wildman–Crippen MR) is 141 cm³/mol. The fraction of sp³-hybridized carbons (Fsp3) is 0.138. The average molecular weight is 497 g/mol. The highest BCUT2D eigenvalue weighted by Gasteiger charge is 2.21. The molecule has 0 unspecified atom stereocenters. The zero-order chi connectivity index (χ0) is 25.2. The molecular formula is C29H24N2O4S. The van der Waals surface area contributed by atoms with Crippen LogP contribution in [0, 0.1) is 0 Å². The van der Waals surface area contributed by atoms with Crippen molar-refractivity contribution in [1.82, 2.24) is 0 Å². The molecule has 3 aromatic carbocycles. The molecule has 1 aromatic heterocycles. The molecule has 0 aliphatic carbocycles. The molecule has 5 rings (SSSR count). The van der Waals surface area contributed by atoms with Gasteiger partial charge in [-0.2, -0.15) is 0 Å². The maximum absolute atomic E-state index is 12.8. The van der Waals surface area contributed by atoms with Gasteiger partial charge in [0.25, 0.3) is 5.91 Å². The second-order valence-corrected chi connectivity index (χ2v) is 9.85. The van der Waals surface area contributed by atoms with Gasteiger partial charge in [-0.15, -0.1) is 11.3 Å². The molecule has 1 atom stereocenters. The number of carbonyl (C=O) groups is 3. The molecule has 0 saturated carbocycles. The van der Waals surface area contributed by atoms with Crippen molar-refractivity contribution in [3.8, 4) is 20.9 Å². The SMILES string of the molecule is CC(=O)[C@@H](N)Cc1cccc(C(=O)Nc2ccc(-c3ccc(-c4ccc5c(c4)COC5=O)s3)cc2)c1. The molecule has 1 aliphatic heterocycles. The van der Waals surface area contributed by atoms with Crippen molar-refractivity contribution in [2.45, 2.75) is 26.0 Å². The Kier molecular flexibility index (Phi) is 6.50. The van der Waals surface area contributed by atoms with E-state index in [1.54, 1.807) is 29.5 Å². The summed E-state index contributed by atoms with van der Waals surface area (Å²) in [6, 6.07) is 24.2. The lowest BCUT2D eigenvalue weighted by molar-refractivity contribution is -0.118. The fourth-order valence-corrected chi connectivity index (χ4v) is 5.10. The molecule has 4 aromatic rings. The van der Waals surface area contributed by atoms with Crippen LogP contribution in [0.25, 0.3) is 20.9 Å². The molecule has 0 saturated heterocycles. The number of Topliss-reactive ketones (excluding diaryl/α,β-unsaturated/α-hetero) is 1. The number of esters is 1. The number of carbonyl (C=O) groups excluding carboxylic acids is 3. The summed E-state index contributed by atoms with van der Waals surface area (Å²) >= 11 is 1.66. The van der Waals surface area contributed by atoms with Crippen molar-refractivity contribution in [2.24, 2.45) is 5.73 Å². The number of amides is 1. The molecule has 2 heterocycles. The van der Waals surface area contributed by atoms with Gasteiger partial charge in [-0.3, -0.25) is 9.59 Å².